The Morgan fingerprint density at radius 2 is 2.11 bits per heavy atom. The van der Waals surface area contributed by atoms with Gasteiger partial charge in [0.2, 0.25) is 0 Å². The number of allylic oxidation sites excluding steroid dienone is 2. The van der Waals surface area contributed by atoms with E-state index in [1.807, 2.05) is 0 Å². The molecule has 0 saturated heterocycles. The van der Waals surface area contributed by atoms with E-state index in [-0.39, 0.29) is 43.3 Å². The quantitative estimate of drug-likeness (QED) is 0.496. The Bertz CT molecular complexity index is 607. The fraction of sp³-hybridized carbons (Fsp3) is 0.182. The number of hydrogen-bond donors (Lipinski definition) is 1. The summed E-state index contributed by atoms with van der Waals surface area (Å²) in [7, 11) is 0. The maximum Gasteiger partial charge on any atom is 0.344 e. The van der Waals surface area contributed by atoms with Crippen molar-refractivity contribution in [3.05, 3.63) is 41.2 Å². The zero-order chi connectivity index (χ0) is 12.7. The van der Waals surface area contributed by atoms with Gasteiger partial charge in [-0.3, -0.25) is 10.5 Å². The second kappa shape index (κ2) is 5.51. The van der Waals surface area contributed by atoms with Gasteiger partial charge in [-0.2, -0.15) is 0 Å². The number of fused-ring (bicyclic) bond motifs is 1. The minimum absolute atomic E-state index is 0. The third-order valence-corrected chi connectivity index (χ3v) is 3.26. The summed E-state index contributed by atoms with van der Waals surface area (Å²) in [6.07, 6.45) is 2.12. The maximum atomic E-state index is 12.1. The molecule has 0 amide bonds. The Morgan fingerprint density at radius 1 is 1.50 bits per heavy atom. The van der Waals surface area contributed by atoms with Crippen LogP contribution in [0.3, 0.4) is 0 Å². The first-order chi connectivity index (χ1) is 7.97. The zero-order valence-corrected chi connectivity index (χ0v) is 13.4. The third kappa shape index (κ3) is 2.24. The van der Waals surface area contributed by atoms with E-state index in [9.17, 15) is 9.59 Å². The van der Waals surface area contributed by atoms with Crippen LogP contribution in [-0.4, -0.2) is 26.9 Å². The van der Waals surface area contributed by atoms with Crippen LogP contribution in [0.1, 0.15) is 16.2 Å². The summed E-state index contributed by atoms with van der Waals surface area (Å²) in [4.78, 5) is 27.3. The molecule has 2 heterocycles. The third-order valence-electron chi connectivity index (χ3n) is 2.58. The number of aromatic carboxylic acids is 1. The van der Waals surface area contributed by atoms with Crippen LogP contribution in [0, 0.1) is 13.8 Å². The second-order valence-corrected chi connectivity index (χ2v) is 4.38. The summed E-state index contributed by atoms with van der Waals surface area (Å²) in [5.41, 5.74) is 0.212. The van der Waals surface area contributed by atoms with Gasteiger partial charge in [-0.25, -0.2) is 9.78 Å². The van der Waals surface area contributed by atoms with Gasteiger partial charge in [0.25, 0.3) is 5.56 Å². The molecule has 0 spiro atoms. The van der Waals surface area contributed by atoms with E-state index >= 15 is 0 Å². The van der Waals surface area contributed by atoms with Crippen molar-refractivity contribution in [2.75, 3.05) is 6.26 Å². The van der Waals surface area contributed by atoms with Crippen LogP contribution < -0.4 is 5.56 Å². The molecule has 1 N–H and O–H groups in total. The molecule has 1 aliphatic rings. The van der Waals surface area contributed by atoms with Crippen LogP contribution in [0.15, 0.2) is 15.4 Å². The van der Waals surface area contributed by atoms with Crippen molar-refractivity contribution in [1.82, 2.24) is 9.55 Å². The van der Waals surface area contributed by atoms with Gasteiger partial charge in [-0.15, -0.1) is 11.8 Å². The molecule has 0 bridgehead atoms. The number of nitrogens with zero attached hydrogens (tertiary/aromatic N) is 2. The summed E-state index contributed by atoms with van der Waals surface area (Å²) in [6, 6.07) is 0. The fourth-order valence-electron chi connectivity index (χ4n) is 1.72. The predicted molar refractivity (Wildman–Crippen MR) is 64.9 cm³/mol. The van der Waals surface area contributed by atoms with Crippen molar-refractivity contribution >= 4 is 23.4 Å². The van der Waals surface area contributed by atoms with Crippen LogP contribution in [0.25, 0.3) is 5.70 Å². The first kappa shape index (κ1) is 15.3. The van der Waals surface area contributed by atoms with Crippen molar-refractivity contribution in [2.24, 2.45) is 0 Å². The number of hydrogen-bond acceptors (Lipinski definition) is 4. The first-order valence-electron chi connectivity index (χ1n) is 4.78. The van der Waals surface area contributed by atoms with Gasteiger partial charge in [0.05, 0.1) is 5.82 Å². The van der Waals surface area contributed by atoms with Gasteiger partial charge < -0.3 is 29.1 Å². The maximum absolute atomic E-state index is 12.1. The molecule has 1 aromatic rings. The topological polar surface area (TPSA) is 72.2 Å². The molecule has 1 aliphatic heterocycles. The molecule has 2 rings (SSSR count). The van der Waals surface area contributed by atoms with Crippen molar-refractivity contribution in [2.45, 2.75) is 11.4 Å². The van der Waals surface area contributed by atoms with E-state index in [1.165, 1.54) is 4.57 Å². The number of rotatable bonds is 2. The first-order valence-corrected chi connectivity index (χ1v) is 6.00. The summed E-state index contributed by atoms with van der Waals surface area (Å²) in [6.45, 7) is 7.48. The molecule has 0 aromatic carbocycles. The number of carbonyl (C=O) groups is 1. The molecule has 1 radical (unpaired) electrons. The Labute approximate surface area is 134 Å². The molecule has 0 aliphatic carbocycles. The number of carboxylic acid groups (broad SMARTS) is 1. The zero-order valence-electron chi connectivity index (χ0n) is 9.77. The molecule has 7 heteroatoms. The number of aromatic nitrogens is 2. The Morgan fingerprint density at radius 3 is 2.61 bits per heavy atom. The molecule has 0 unspecified atom stereocenters. The summed E-state index contributed by atoms with van der Waals surface area (Å²) < 4.78 is 1.23. The van der Waals surface area contributed by atoms with E-state index in [4.69, 9.17) is 5.11 Å². The summed E-state index contributed by atoms with van der Waals surface area (Å²) >= 11 is 1.14. The van der Waals surface area contributed by atoms with Gasteiger partial charge in [-0.1, -0.05) is 6.42 Å². The molecular weight excluding hydrogens is 329 g/mol. The normalized spacial score (nSPS) is 13.2. The van der Waals surface area contributed by atoms with E-state index in [1.54, 1.807) is 6.26 Å². The van der Waals surface area contributed by atoms with Crippen molar-refractivity contribution in [3.8, 4) is 0 Å². The monoisotopic (exact) mass is 339 g/mol. The fourth-order valence-corrected chi connectivity index (χ4v) is 2.30. The largest absolute Gasteiger partial charge is 0.477 e. The molecule has 93 valence electrons. The van der Waals surface area contributed by atoms with Crippen LogP contribution in [0.5, 0.6) is 0 Å². The van der Waals surface area contributed by atoms with Gasteiger partial charge >= 0.3 is 5.97 Å². The molecule has 0 saturated carbocycles. The smallest absolute Gasteiger partial charge is 0.344 e. The molecule has 0 atom stereocenters. The van der Waals surface area contributed by atoms with Gasteiger partial charge in [0, 0.05) is 32.7 Å². The predicted octanol–water partition coefficient (Wildman–Crippen LogP) is 1.10. The van der Waals surface area contributed by atoms with Crippen LogP contribution in [-0.2, 0) is 39.1 Å². The standard InChI is InChI=1S/C11H10N2O3S.Y/c1-5-4-7-12-9(17-3)8(11(15)16)10(14)13(7)6(5)2;/h1-2,4H2,3H3,(H,15,16);/q-2;. The Balaban J connectivity index is 0.00000162. The van der Waals surface area contributed by atoms with E-state index in [2.05, 4.69) is 18.8 Å². The summed E-state index contributed by atoms with van der Waals surface area (Å²) in [5, 5.41) is 9.27. The number of carboxylic acids is 1. The molecular formula is C11H10N2O3SY-2. The molecule has 18 heavy (non-hydrogen) atoms. The number of thioether (sulfide) groups is 1. The molecule has 5 nitrogen and oxygen atoms in total. The van der Waals surface area contributed by atoms with Crippen molar-refractivity contribution in [3.63, 3.8) is 0 Å². The van der Waals surface area contributed by atoms with Gasteiger partial charge in [-0.05, 0) is 6.26 Å². The van der Waals surface area contributed by atoms with Gasteiger partial charge in [0.1, 0.15) is 5.03 Å². The SMILES string of the molecule is [CH2-]C1=C([CH2-])n2c(nc(SC)c(C(=O)O)c2=O)C1.[Y]. The van der Waals surface area contributed by atoms with Crippen molar-refractivity contribution in [1.29, 1.82) is 0 Å². The minimum Gasteiger partial charge on any atom is -0.477 e. The van der Waals surface area contributed by atoms with Crippen molar-refractivity contribution < 1.29 is 42.6 Å². The molecule has 0 fully saturated rings. The average molecular weight is 339 g/mol. The van der Waals surface area contributed by atoms with E-state index in [0.29, 0.717) is 23.5 Å². The van der Waals surface area contributed by atoms with E-state index in [0.717, 1.165) is 11.8 Å². The summed E-state index contributed by atoms with van der Waals surface area (Å²) in [5.74, 6) is -0.771. The minimum atomic E-state index is -1.27. The Hall–Kier alpha value is -0.716. The van der Waals surface area contributed by atoms with E-state index < -0.39 is 11.5 Å². The van der Waals surface area contributed by atoms with Gasteiger partial charge in [0.15, 0.2) is 5.56 Å². The van der Waals surface area contributed by atoms with Crippen LogP contribution in [0.4, 0.5) is 0 Å². The Kier molecular flexibility index (Phi) is 4.69. The molecule has 1 aromatic heterocycles. The average Bonchev–Trinajstić information content (AvgIpc) is 2.54. The van der Waals surface area contributed by atoms with Crippen LogP contribution >= 0.6 is 11.8 Å². The second-order valence-electron chi connectivity index (χ2n) is 3.59. The van der Waals surface area contributed by atoms with Crippen LogP contribution in [0.2, 0.25) is 0 Å².